The summed E-state index contributed by atoms with van der Waals surface area (Å²) < 4.78 is 26.1. The van der Waals surface area contributed by atoms with E-state index < -0.39 is 28.5 Å². The molecule has 0 spiro atoms. The van der Waals surface area contributed by atoms with E-state index in [-0.39, 0.29) is 33.2 Å². The minimum Gasteiger partial charge on any atom is -0.354 e. The number of rotatable bonds is 11. The summed E-state index contributed by atoms with van der Waals surface area (Å²) in [6.45, 7) is 3.52. The Morgan fingerprint density at radius 3 is 2.17 bits per heavy atom. The minimum atomic E-state index is -3.96. The van der Waals surface area contributed by atoms with Gasteiger partial charge in [-0.05, 0) is 43.2 Å². The number of nitrogens with one attached hydrogen (secondary N) is 1. The highest BCUT2D eigenvalue weighted by Crippen LogP contribution is 2.35. The molecule has 0 heterocycles. The highest BCUT2D eigenvalue weighted by molar-refractivity contribution is 7.92. The lowest BCUT2D eigenvalue weighted by Crippen LogP contribution is -2.51. The maximum Gasteiger partial charge on any atom is 0.244 e. The molecule has 7 nitrogen and oxygen atoms in total. The molecule has 0 bridgehead atoms. The maximum absolute atomic E-state index is 13.5. The Bertz CT molecular complexity index is 1160. The Morgan fingerprint density at radius 1 is 1.00 bits per heavy atom. The van der Waals surface area contributed by atoms with E-state index >= 15 is 0 Å². The monoisotopic (exact) mass is 581 g/mol. The van der Waals surface area contributed by atoms with E-state index in [1.54, 1.807) is 31.2 Å². The first-order valence-corrected chi connectivity index (χ1v) is 14.1. The van der Waals surface area contributed by atoms with Gasteiger partial charge < -0.3 is 10.2 Å². The van der Waals surface area contributed by atoms with Crippen LogP contribution in [-0.2, 0) is 26.2 Å². The van der Waals surface area contributed by atoms with Gasteiger partial charge in [0.15, 0.2) is 0 Å². The number of benzene rings is 2. The van der Waals surface area contributed by atoms with Gasteiger partial charge >= 0.3 is 0 Å². The van der Waals surface area contributed by atoms with E-state index in [0.29, 0.717) is 11.6 Å². The molecular weight excluding hydrogens is 556 g/mol. The van der Waals surface area contributed by atoms with Crippen molar-refractivity contribution in [2.45, 2.75) is 39.3 Å². The van der Waals surface area contributed by atoms with Gasteiger partial charge in [-0.2, -0.15) is 0 Å². The lowest BCUT2D eigenvalue weighted by Gasteiger charge is -2.31. The number of carbonyl (C=O) groups is 2. The molecular formula is C23H27Cl4N3O4S. The molecule has 12 heteroatoms. The summed E-state index contributed by atoms with van der Waals surface area (Å²) in [7, 11) is -3.96. The summed E-state index contributed by atoms with van der Waals surface area (Å²) in [5.74, 6) is -0.954. The summed E-state index contributed by atoms with van der Waals surface area (Å²) in [6.07, 6.45) is 2.64. The van der Waals surface area contributed by atoms with Gasteiger partial charge in [-0.3, -0.25) is 13.9 Å². The van der Waals surface area contributed by atoms with Crippen molar-refractivity contribution < 1.29 is 18.0 Å². The van der Waals surface area contributed by atoms with Crippen LogP contribution in [0.5, 0.6) is 0 Å². The van der Waals surface area contributed by atoms with Crippen molar-refractivity contribution in [3.05, 3.63) is 62.1 Å². The van der Waals surface area contributed by atoms with E-state index in [1.165, 1.54) is 17.0 Å². The second kappa shape index (κ2) is 13.0. The standard InChI is InChI=1S/C23H27Cl4N3O4S/c1-4-5-10-28-23(32)15(2)29(13-16-6-8-17(24)9-7-16)22(31)14-30(35(3,33)34)21-12-19(26)18(25)11-20(21)27/h6-9,11-12,15H,4-5,10,13-14H2,1-3H3,(H,28,32)/t15-/m1/s1. The molecule has 35 heavy (non-hydrogen) atoms. The van der Waals surface area contributed by atoms with Gasteiger partial charge in [-0.15, -0.1) is 0 Å². The van der Waals surface area contributed by atoms with Crippen LogP contribution >= 0.6 is 46.4 Å². The normalized spacial score (nSPS) is 12.2. The summed E-state index contributed by atoms with van der Waals surface area (Å²) in [5, 5.41) is 3.56. The van der Waals surface area contributed by atoms with Crippen molar-refractivity contribution >= 4 is 73.9 Å². The van der Waals surface area contributed by atoms with E-state index in [2.05, 4.69) is 5.32 Å². The average Bonchev–Trinajstić information content (AvgIpc) is 2.78. The number of nitrogens with zero attached hydrogens (tertiary/aromatic N) is 2. The summed E-state index contributed by atoms with van der Waals surface area (Å²) in [5.41, 5.74) is 0.720. The van der Waals surface area contributed by atoms with Crippen LogP contribution in [-0.4, -0.2) is 50.5 Å². The van der Waals surface area contributed by atoms with Crippen LogP contribution in [0.3, 0.4) is 0 Å². The number of hydrogen-bond donors (Lipinski definition) is 1. The molecule has 2 amide bonds. The van der Waals surface area contributed by atoms with Crippen molar-refractivity contribution in [1.82, 2.24) is 10.2 Å². The molecule has 0 aromatic heterocycles. The van der Waals surface area contributed by atoms with Crippen LogP contribution in [0.4, 0.5) is 5.69 Å². The van der Waals surface area contributed by atoms with Crippen molar-refractivity contribution in [2.75, 3.05) is 23.7 Å². The number of anilines is 1. The predicted molar refractivity (Wildman–Crippen MR) is 143 cm³/mol. The topological polar surface area (TPSA) is 86.8 Å². The fourth-order valence-electron chi connectivity index (χ4n) is 3.20. The zero-order valence-electron chi connectivity index (χ0n) is 19.5. The van der Waals surface area contributed by atoms with Gasteiger partial charge in [-0.25, -0.2) is 8.42 Å². The SMILES string of the molecule is CCCCNC(=O)[C@@H](C)N(Cc1ccc(Cl)cc1)C(=O)CN(c1cc(Cl)c(Cl)cc1Cl)S(C)(=O)=O. The molecule has 0 aliphatic rings. The molecule has 0 unspecified atom stereocenters. The van der Waals surface area contributed by atoms with Gasteiger partial charge in [0, 0.05) is 18.1 Å². The number of carbonyl (C=O) groups excluding carboxylic acids is 2. The maximum atomic E-state index is 13.5. The smallest absolute Gasteiger partial charge is 0.244 e. The second-order valence-corrected chi connectivity index (χ2v) is 11.5. The fourth-order valence-corrected chi connectivity index (χ4v) is 4.88. The first-order chi connectivity index (χ1) is 16.3. The van der Waals surface area contributed by atoms with Gasteiger partial charge in [0.25, 0.3) is 0 Å². The number of hydrogen-bond acceptors (Lipinski definition) is 4. The van der Waals surface area contributed by atoms with Gasteiger partial charge in [0.2, 0.25) is 21.8 Å². The van der Waals surface area contributed by atoms with Crippen molar-refractivity contribution in [1.29, 1.82) is 0 Å². The van der Waals surface area contributed by atoms with Crippen molar-refractivity contribution in [2.24, 2.45) is 0 Å². The minimum absolute atomic E-state index is 0.00316. The van der Waals surface area contributed by atoms with Crippen molar-refractivity contribution in [3.63, 3.8) is 0 Å². The molecule has 192 valence electrons. The summed E-state index contributed by atoms with van der Waals surface area (Å²) in [4.78, 5) is 27.6. The van der Waals surface area contributed by atoms with Crippen LogP contribution in [0, 0.1) is 0 Å². The van der Waals surface area contributed by atoms with Gasteiger partial charge in [0.05, 0.1) is 27.0 Å². The Kier molecular flexibility index (Phi) is 11.0. The Balaban J connectivity index is 2.41. The average molecular weight is 583 g/mol. The van der Waals surface area contributed by atoms with Crippen LogP contribution in [0.25, 0.3) is 0 Å². The number of unbranched alkanes of at least 4 members (excludes halogenated alkanes) is 1. The summed E-state index contributed by atoms with van der Waals surface area (Å²) >= 11 is 24.3. The second-order valence-electron chi connectivity index (χ2n) is 7.96. The van der Waals surface area contributed by atoms with Crippen LogP contribution < -0.4 is 9.62 Å². The first kappa shape index (κ1) is 29.5. The lowest BCUT2D eigenvalue weighted by molar-refractivity contribution is -0.139. The molecule has 1 N–H and O–H groups in total. The van der Waals surface area contributed by atoms with Crippen LogP contribution in [0.1, 0.15) is 32.3 Å². The molecule has 1 atom stereocenters. The molecule has 0 fully saturated rings. The fraction of sp³-hybridized carbons (Fsp3) is 0.391. The Hall–Kier alpha value is -1.71. The first-order valence-electron chi connectivity index (χ1n) is 10.8. The van der Waals surface area contributed by atoms with E-state index in [0.717, 1.165) is 29.0 Å². The van der Waals surface area contributed by atoms with Crippen LogP contribution in [0.15, 0.2) is 36.4 Å². The molecule has 0 saturated carbocycles. The third-order valence-electron chi connectivity index (χ3n) is 5.20. The molecule has 2 rings (SSSR count). The van der Waals surface area contributed by atoms with Gasteiger partial charge in [-0.1, -0.05) is 71.9 Å². The number of sulfonamides is 1. The Labute approximate surface area is 226 Å². The van der Waals surface area contributed by atoms with Gasteiger partial charge in [0.1, 0.15) is 12.6 Å². The zero-order valence-corrected chi connectivity index (χ0v) is 23.4. The van der Waals surface area contributed by atoms with Crippen LogP contribution in [0.2, 0.25) is 20.1 Å². The van der Waals surface area contributed by atoms with E-state index in [4.69, 9.17) is 46.4 Å². The quantitative estimate of drug-likeness (QED) is 0.284. The largest absolute Gasteiger partial charge is 0.354 e. The number of halogens is 4. The predicted octanol–water partition coefficient (Wildman–Crippen LogP) is 5.40. The lowest BCUT2D eigenvalue weighted by atomic mass is 10.1. The molecule has 0 saturated heterocycles. The van der Waals surface area contributed by atoms with E-state index in [1.807, 2.05) is 6.92 Å². The highest BCUT2D eigenvalue weighted by Gasteiger charge is 2.31. The third-order valence-corrected chi connectivity index (χ3v) is 7.60. The summed E-state index contributed by atoms with van der Waals surface area (Å²) in [6, 6.07) is 8.51. The van der Waals surface area contributed by atoms with E-state index in [9.17, 15) is 18.0 Å². The number of amides is 2. The third kappa shape index (κ3) is 8.43. The molecule has 2 aromatic carbocycles. The Morgan fingerprint density at radius 2 is 1.60 bits per heavy atom. The molecule has 2 aromatic rings. The zero-order chi connectivity index (χ0) is 26.3. The molecule has 0 radical (unpaired) electrons. The highest BCUT2D eigenvalue weighted by atomic mass is 35.5. The molecule has 0 aliphatic heterocycles. The van der Waals surface area contributed by atoms with Crippen molar-refractivity contribution in [3.8, 4) is 0 Å². The molecule has 0 aliphatic carbocycles.